The van der Waals surface area contributed by atoms with Crippen LogP contribution in [0.25, 0.3) is 0 Å². The maximum absolute atomic E-state index is 5.58. The van der Waals surface area contributed by atoms with E-state index < -0.39 is 0 Å². The topological polar surface area (TPSA) is 0 Å². The van der Waals surface area contributed by atoms with Crippen LogP contribution in [0.1, 0.15) is 0 Å². The van der Waals surface area contributed by atoms with Crippen LogP contribution >= 0.6 is 23.2 Å². The van der Waals surface area contributed by atoms with Crippen molar-refractivity contribution in [2.24, 2.45) is 0 Å². The fourth-order valence-corrected chi connectivity index (χ4v) is 0.711. The average molecular weight is 331 g/mol. The maximum atomic E-state index is 5.58. The molecule has 0 amide bonds. The summed E-state index contributed by atoms with van der Waals surface area (Å²) in [6.07, 6.45) is 0. The summed E-state index contributed by atoms with van der Waals surface area (Å²) in [4.78, 5) is 0. The van der Waals surface area contributed by atoms with Crippen LogP contribution < -0.4 is 34.0 Å². The Labute approximate surface area is 113 Å². The second kappa shape index (κ2) is 9.61. The summed E-state index contributed by atoms with van der Waals surface area (Å²) in [7, 11) is 0. The van der Waals surface area contributed by atoms with Gasteiger partial charge in [-0.2, -0.15) is 0 Å². The summed E-state index contributed by atoms with van der Waals surface area (Å²) in [5.74, 6) is 0. The number of benzene rings is 1. The molecule has 0 spiro atoms. The van der Waals surface area contributed by atoms with Crippen LogP contribution in [0, 0.1) is 0 Å². The minimum atomic E-state index is 0. The molecular weight excluding hydrogens is 327 g/mol. The quantitative estimate of drug-likeness (QED) is 0.436. The largest absolute Gasteiger partial charge is 2.00 e. The van der Waals surface area contributed by atoms with Gasteiger partial charge in [0.25, 0.3) is 0 Å². The minimum absolute atomic E-state index is 0. The Morgan fingerprint density at radius 3 is 1.27 bits per heavy atom. The second-order valence-electron chi connectivity index (χ2n) is 1.41. The van der Waals surface area contributed by atoms with Gasteiger partial charge in [0.1, 0.15) is 0 Å². The zero-order valence-electron chi connectivity index (χ0n) is 5.53. The Morgan fingerprint density at radius 1 is 0.818 bits per heavy atom. The van der Waals surface area contributed by atoms with Gasteiger partial charge in [0.05, 0.1) is 10.0 Å². The Morgan fingerprint density at radius 2 is 1.09 bits per heavy atom. The third-order valence-electron chi connectivity index (χ3n) is 0.824. The second-order valence-corrected chi connectivity index (χ2v) is 2.23. The van der Waals surface area contributed by atoms with E-state index in [0.29, 0.717) is 10.0 Å². The van der Waals surface area contributed by atoms with Gasteiger partial charge in [-0.1, -0.05) is 35.3 Å². The predicted molar refractivity (Wildman–Crippen MR) is 42.2 cm³/mol. The van der Waals surface area contributed by atoms with Gasteiger partial charge in [0.2, 0.25) is 0 Å². The van der Waals surface area contributed by atoms with Crippen molar-refractivity contribution in [3.8, 4) is 0 Å². The van der Waals surface area contributed by atoms with Gasteiger partial charge >= 0.3 is 23.1 Å². The summed E-state index contributed by atoms with van der Waals surface area (Å²) in [6, 6.07) is 7.19. The average Bonchev–Trinajstić information content (AvgIpc) is 1.77. The molecule has 0 N–H and O–H groups in total. The molecule has 0 unspecified atom stereocenters. The molecule has 0 aliphatic heterocycles. The first kappa shape index (κ1) is 18.3. The van der Waals surface area contributed by atoms with Crippen molar-refractivity contribution in [3.05, 3.63) is 34.3 Å². The Balaban J connectivity index is -0.000000213. The number of rotatable bonds is 0. The van der Waals surface area contributed by atoms with Crippen molar-refractivity contribution < 1.29 is 34.0 Å². The van der Waals surface area contributed by atoms with Crippen LogP contribution in [0.3, 0.4) is 0 Å². The fourth-order valence-electron chi connectivity index (χ4n) is 0.439. The normalized spacial score (nSPS) is 6.73. The molecular formula is C6H4Br2Cl2Mg. The first-order valence-electron chi connectivity index (χ1n) is 2.21. The summed E-state index contributed by atoms with van der Waals surface area (Å²) in [5, 5.41) is 1.21. The molecule has 58 valence electrons. The molecule has 11 heavy (non-hydrogen) atoms. The van der Waals surface area contributed by atoms with Crippen molar-refractivity contribution in [2.45, 2.75) is 0 Å². The van der Waals surface area contributed by atoms with Crippen LogP contribution in [0.4, 0.5) is 0 Å². The van der Waals surface area contributed by atoms with E-state index in [4.69, 9.17) is 23.2 Å². The van der Waals surface area contributed by atoms with Crippen LogP contribution in [-0.4, -0.2) is 23.1 Å². The summed E-state index contributed by atoms with van der Waals surface area (Å²) < 4.78 is 0. The van der Waals surface area contributed by atoms with Crippen molar-refractivity contribution in [3.63, 3.8) is 0 Å². The van der Waals surface area contributed by atoms with Gasteiger partial charge in [-0.3, -0.25) is 0 Å². The number of hydrogen-bond acceptors (Lipinski definition) is 0. The van der Waals surface area contributed by atoms with Gasteiger partial charge < -0.3 is 34.0 Å². The SMILES string of the molecule is Clc1ccccc1Cl.[Br-].[Br-].[Mg+2]. The summed E-state index contributed by atoms with van der Waals surface area (Å²) >= 11 is 11.2. The van der Waals surface area contributed by atoms with E-state index in [1.165, 1.54) is 0 Å². The molecule has 0 fully saturated rings. The van der Waals surface area contributed by atoms with E-state index >= 15 is 0 Å². The van der Waals surface area contributed by atoms with Crippen LogP contribution in [0.15, 0.2) is 24.3 Å². The Hall–Kier alpha value is 1.53. The fraction of sp³-hybridized carbons (Fsp3) is 0. The maximum Gasteiger partial charge on any atom is 2.00 e. The molecule has 0 saturated carbocycles. The summed E-state index contributed by atoms with van der Waals surface area (Å²) in [6.45, 7) is 0. The zero-order valence-corrected chi connectivity index (χ0v) is 11.6. The molecule has 0 aromatic heterocycles. The van der Waals surface area contributed by atoms with Gasteiger partial charge in [0, 0.05) is 0 Å². The number of hydrogen-bond donors (Lipinski definition) is 0. The van der Waals surface area contributed by atoms with E-state index in [2.05, 4.69) is 0 Å². The van der Waals surface area contributed by atoms with Crippen molar-refractivity contribution in [2.75, 3.05) is 0 Å². The molecule has 0 aliphatic carbocycles. The molecule has 0 heterocycles. The van der Waals surface area contributed by atoms with Crippen LogP contribution in [-0.2, 0) is 0 Å². The summed E-state index contributed by atoms with van der Waals surface area (Å²) in [5.41, 5.74) is 0. The first-order valence-corrected chi connectivity index (χ1v) is 2.96. The molecule has 0 saturated heterocycles. The molecule has 0 radical (unpaired) electrons. The smallest absolute Gasteiger partial charge is 1.00 e. The van der Waals surface area contributed by atoms with Crippen LogP contribution in [0.2, 0.25) is 10.0 Å². The third-order valence-corrected chi connectivity index (χ3v) is 1.58. The monoisotopic (exact) mass is 328 g/mol. The van der Waals surface area contributed by atoms with E-state index in [1.807, 2.05) is 12.1 Å². The van der Waals surface area contributed by atoms with Gasteiger partial charge in [-0.15, -0.1) is 0 Å². The Bertz CT molecular complexity index is 175. The van der Waals surface area contributed by atoms with Gasteiger partial charge in [0.15, 0.2) is 0 Å². The Kier molecular flexibility index (Phi) is 16.0. The van der Waals surface area contributed by atoms with E-state index in [1.54, 1.807) is 12.1 Å². The molecule has 0 aliphatic rings. The van der Waals surface area contributed by atoms with E-state index in [9.17, 15) is 0 Å². The molecule has 1 aromatic rings. The standard InChI is InChI=1S/C6H4Cl2.2BrH.Mg/c7-5-3-1-2-4-6(5)8;;;/h1-4H;2*1H;/q;;;+2/p-2. The predicted octanol–water partition coefficient (Wildman–Crippen LogP) is -3.38. The third kappa shape index (κ3) is 6.67. The van der Waals surface area contributed by atoms with E-state index in [-0.39, 0.29) is 57.0 Å². The van der Waals surface area contributed by atoms with Crippen molar-refractivity contribution in [1.29, 1.82) is 0 Å². The molecule has 5 heteroatoms. The number of halogens is 4. The van der Waals surface area contributed by atoms with E-state index in [0.717, 1.165) is 0 Å². The minimum Gasteiger partial charge on any atom is -1.00 e. The molecule has 0 atom stereocenters. The van der Waals surface area contributed by atoms with Gasteiger partial charge in [-0.25, -0.2) is 0 Å². The molecule has 0 nitrogen and oxygen atoms in total. The molecule has 1 rings (SSSR count). The zero-order chi connectivity index (χ0) is 5.98. The van der Waals surface area contributed by atoms with Crippen LogP contribution in [0.5, 0.6) is 0 Å². The van der Waals surface area contributed by atoms with Crippen molar-refractivity contribution >= 4 is 46.3 Å². The molecule has 1 aromatic carbocycles. The van der Waals surface area contributed by atoms with Crippen molar-refractivity contribution in [1.82, 2.24) is 0 Å². The molecule has 0 bridgehead atoms. The van der Waals surface area contributed by atoms with Gasteiger partial charge in [-0.05, 0) is 12.1 Å². The first-order chi connectivity index (χ1) is 3.80.